The normalized spacial score (nSPS) is 25.0. The molecule has 1 N–H and O–H groups in total. The molecule has 2 saturated carbocycles. The van der Waals surface area contributed by atoms with Gasteiger partial charge >= 0.3 is 0 Å². The lowest BCUT2D eigenvalue weighted by Gasteiger charge is -2.30. The maximum absolute atomic E-state index is 15.1. The molecule has 0 unspecified atom stereocenters. The number of ether oxygens (including phenoxy) is 1. The van der Waals surface area contributed by atoms with Gasteiger partial charge in [-0.3, -0.25) is 0 Å². The van der Waals surface area contributed by atoms with Crippen LogP contribution in [0, 0.1) is 35.1 Å². The van der Waals surface area contributed by atoms with Crippen molar-refractivity contribution in [1.82, 2.24) is 0 Å². The van der Waals surface area contributed by atoms with Gasteiger partial charge < -0.3 is 9.84 Å². The fraction of sp³-hybridized carbons (Fsp3) is 0.586. The van der Waals surface area contributed by atoms with Crippen LogP contribution >= 0.6 is 0 Å². The van der Waals surface area contributed by atoms with Crippen molar-refractivity contribution in [2.45, 2.75) is 83.0 Å². The third kappa shape index (κ3) is 5.84. The Morgan fingerprint density at radius 3 is 1.77 bits per heavy atom. The van der Waals surface area contributed by atoms with Gasteiger partial charge in [0, 0.05) is 6.61 Å². The van der Waals surface area contributed by atoms with Gasteiger partial charge in [0.1, 0.15) is 0 Å². The van der Waals surface area contributed by atoms with E-state index in [0.29, 0.717) is 29.0 Å². The van der Waals surface area contributed by atoms with E-state index in [1.165, 1.54) is 6.07 Å². The van der Waals surface area contributed by atoms with Gasteiger partial charge in [-0.25, -0.2) is 13.2 Å². The molecule has 0 aliphatic heterocycles. The third-order valence-corrected chi connectivity index (χ3v) is 8.22. The second-order valence-electron chi connectivity index (χ2n) is 10.3. The largest absolute Gasteiger partial charge is 0.491 e. The number of aryl methyl sites for hydroxylation is 1. The topological polar surface area (TPSA) is 29.5 Å². The lowest BCUT2D eigenvalue weighted by Crippen LogP contribution is -2.18. The average Bonchev–Trinajstić information content (AvgIpc) is 2.88. The monoisotopic (exact) mass is 492 g/mol. The molecule has 0 heterocycles. The maximum atomic E-state index is 15.1. The molecule has 2 aromatic rings. The van der Waals surface area contributed by atoms with Gasteiger partial charge in [-0.2, -0.15) is 4.39 Å². The molecular formula is C29H36F4O2. The molecule has 0 saturated heterocycles. The van der Waals surface area contributed by atoms with Crippen LogP contribution in [0.15, 0.2) is 24.3 Å². The molecule has 2 aromatic carbocycles. The van der Waals surface area contributed by atoms with Gasteiger partial charge in [0.2, 0.25) is 5.82 Å². The summed E-state index contributed by atoms with van der Waals surface area (Å²) in [5, 5.41) is 9.32. The number of halogens is 4. The van der Waals surface area contributed by atoms with Crippen LogP contribution in [0.3, 0.4) is 0 Å². The van der Waals surface area contributed by atoms with Gasteiger partial charge in [-0.15, -0.1) is 0 Å². The van der Waals surface area contributed by atoms with Gasteiger partial charge in [-0.1, -0.05) is 18.2 Å². The summed E-state index contributed by atoms with van der Waals surface area (Å²) in [5.74, 6) is -2.61. The van der Waals surface area contributed by atoms with Crippen molar-refractivity contribution in [3.05, 3.63) is 64.2 Å². The van der Waals surface area contributed by atoms with E-state index in [0.717, 1.165) is 57.8 Å². The van der Waals surface area contributed by atoms with E-state index in [9.17, 15) is 13.9 Å². The van der Waals surface area contributed by atoms with E-state index >= 15 is 8.78 Å². The smallest absolute Gasteiger partial charge is 0.200 e. The molecule has 2 aliphatic carbocycles. The lowest BCUT2D eigenvalue weighted by molar-refractivity contribution is 0.181. The van der Waals surface area contributed by atoms with E-state index in [1.807, 2.05) is 0 Å². The van der Waals surface area contributed by atoms with E-state index in [1.54, 1.807) is 25.1 Å². The average molecular weight is 493 g/mol. The molecular weight excluding hydrogens is 456 g/mol. The highest BCUT2D eigenvalue weighted by atomic mass is 19.2. The Morgan fingerprint density at radius 1 is 0.714 bits per heavy atom. The van der Waals surface area contributed by atoms with E-state index in [2.05, 4.69) is 0 Å². The fourth-order valence-corrected chi connectivity index (χ4v) is 6.02. The highest BCUT2D eigenvalue weighted by Crippen LogP contribution is 2.42. The summed E-state index contributed by atoms with van der Waals surface area (Å²) in [7, 11) is 0. The fourth-order valence-electron chi connectivity index (χ4n) is 6.02. The lowest BCUT2D eigenvalue weighted by atomic mass is 9.75. The molecule has 0 radical (unpaired) electrons. The van der Waals surface area contributed by atoms with Crippen molar-refractivity contribution in [3.8, 4) is 5.75 Å². The first kappa shape index (κ1) is 26.0. The van der Waals surface area contributed by atoms with E-state index in [-0.39, 0.29) is 36.7 Å². The van der Waals surface area contributed by atoms with Crippen molar-refractivity contribution in [2.75, 3.05) is 13.2 Å². The van der Waals surface area contributed by atoms with Crippen LogP contribution in [-0.2, 0) is 6.42 Å². The Labute approximate surface area is 205 Å². The summed E-state index contributed by atoms with van der Waals surface area (Å²) in [6, 6.07) is 6.61. The van der Waals surface area contributed by atoms with Gasteiger partial charge in [0.05, 0.1) is 6.61 Å². The summed E-state index contributed by atoms with van der Waals surface area (Å²) in [4.78, 5) is 0. The quantitative estimate of drug-likeness (QED) is 0.381. The zero-order chi connectivity index (χ0) is 24.9. The highest BCUT2D eigenvalue weighted by Gasteiger charge is 2.29. The van der Waals surface area contributed by atoms with Crippen LogP contribution in [0.1, 0.15) is 93.2 Å². The molecule has 192 valence electrons. The highest BCUT2D eigenvalue weighted by molar-refractivity contribution is 5.32. The van der Waals surface area contributed by atoms with Gasteiger partial charge in [0.25, 0.3) is 0 Å². The van der Waals surface area contributed by atoms with Crippen LogP contribution in [-0.4, -0.2) is 18.3 Å². The minimum Gasteiger partial charge on any atom is -0.491 e. The number of hydrogen-bond donors (Lipinski definition) is 1. The number of hydrogen-bond acceptors (Lipinski definition) is 2. The summed E-state index contributed by atoms with van der Waals surface area (Å²) in [6.45, 7) is 2.16. The van der Waals surface area contributed by atoms with Crippen molar-refractivity contribution in [3.63, 3.8) is 0 Å². The molecule has 0 spiro atoms. The maximum Gasteiger partial charge on any atom is 0.200 e. The molecule has 4 rings (SSSR count). The second kappa shape index (κ2) is 11.8. The summed E-state index contributed by atoms with van der Waals surface area (Å²) in [6.07, 6.45) is 7.70. The molecule has 35 heavy (non-hydrogen) atoms. The van der Waals surface area contributed by atoms with Crippen LogP contribution in [0.2, 0.25) is 0 Å². The Bertz CT molecular complexity index is 993. The number of benzene rings is 2. The predicted octanol–water partition coefficient (Wildman–Crippen LogP) is 7.81. The Morgan fingerprint density at radius 2 is 1.26 bits per heavy atom. The molecule has 0 atom stereocenters. The van der Waals surface area contributed by atoms with Crippen molar-refractivity contribution < 1.29 is 27.4 Å². The van der Waals surface area contributed by atoms with Crippen LogP contribution in [0.25, 0.3) is 0 Å². The van der Waals surface area contributed by atoms with Crippen molar-refractivity contribution in [2.24, 2.45) is 11.8 Å². The zero-order valence-electron chi connectivity index (χ0n) is 20.5. The Hall–Kier alpha value is -2.08. The summed E-state index contributed by atoms with van der Waals surface area (Å²) < 4.78 is 63.7. The third-order valence-electron chi connectivity index (χ3n) is 8.22. The van der Waals surface area contributed by atoms with Crippen LogP contribution in [0.4, 0.5) is 17.6 Å². The van der Waals surface area contributed by atoms with Crippen LogP contribution in [0.5, 0.6) is 5.75 Å². The van der Waals surface area contributed by atoms with Gasteiger partial charge in [0.15, 0.2) is 23.2 Å². The minimum atomic E-state index is -0.935. The number of aliphatic hydroxyl groups excluding tert-OH is 1. The molecule has 2 aliphatic rings. The summed E-state index contributed by atoms with van der Waals surface area (Å²) >= 11 is 0. The van der Waals surface area contributed by atoms with Crippen molar-refractivity contribution >= 4 is 0 Å². The Balaban J connectivity index is 1.32. The SMILES string of the molecule is CCOc1ccc(CCC2CCC(c3ccc(C4CCC(CO)CC4)c(F)c3F)CC2)c(F)c1F. The standard InChI is InChI=1S/C29H36F4O2/c1-2-35-25-16-13-22(26(30)29(25)33)12-5-18-3-8-20(9-4-18)23-14-15-24(28(32)27(23)31)21-10-6-19(17-34)7-11-21/h13-16,18-21,34H,2-12,17H2,1H3. The first-order chi connectivity index (χ1) is 16.9. The molecule has 0 amide bonds. The minimum absolute atomic E-state index is 0.0143. The first-order valence-corrected chi connectivity index (χ1v) is 13.1. The van der Waals surface area contributed by atoms with E-state index < -0.39 is 23.3 Å². The molecule has 0 aromatic heterocycles. The van der Waals surface area contributed by atoms with Crippen LogP contribution < -0.4 is 4.74 Å². The zero-order valence-corrected chi connectivity index (χ0v) is 20.5. The molecule has 2 fully saturated rings. The van der Waals surface area contributed by atoms with Gasteiger partial charge in [-0.05, 0) is 118 Å². The molecule has 6 heteroatoms. The molecule has 2 nitrogen and oxygen atoms in total. The number of aliphatic hydroxyl groups is 1. The Kier molecular flexibility index (Phi) is 8.74. The number of rotatable bonds is 8. The van der Waals surface area contributed by atoms with E-state index in [4.69, 9.17) is 4.74 Å². The molecule has 0 bridgehead atoms. The second-order valence-corrected chi connectivity index (χ2v) is 10.3. The van der Waals surface area contributed by atoms with Crippen molar-refractivity contribution in [1.29, 1.82) is 0 Å². The summed E-state index contributed by atoms with van der Waals surface area (Å²) in [5.41, 5.74) is 1.29. The predicted molar refractivity (Wildman–Crippen MR) is 129 cm³/mol. The first-order valence-electron chi connectivity index (χ1n) is 13.1.